The molecule has 0 saturated carbocycles. The normalized spacial score (nSPS) is 10.6. The third kappa shape index (κ3) is 5.74. The summed E-state index contributed by atoms with van der Waals surface area (Å²) in [5.74, 6) is -0.906. The van der Waals surface area contributed by atoms with E-state index in [1.807, 2.05) is 19.5 Å². The van der Waals surface area contributed by atoms with Crippen LogP contribution >= 0.6 is 11.3 Å². The number of hydrogen-bond donors (Lipinski definition) is 2. The number of nitrogens with zero attached hydrogens (tertiary/aromatic N) is 2. The van der Waals surface area contributed by atoms with Crippen LogP contribution in [0.2, 0.25) is 0 Å². The summed E-state index contributed by atoms with van der Waals surface area (Å²) in [4.78, 5) is 27.8. The molecule has 0 aliphatic rings. The van der Waals surface area contributed by atoms with Crippen molar-refractivity contribution in [3.8, 4) is 0 Å². The maximum absolute atomic E-state index is 11.5. The van der Waals surface area contributed by atoms with Crippen molar-refractivity contribution in [1.29, 1.82) is 0 Å². The molecule has 2 N–H and O–H groups in total. The Morgan fingerprint density at radius 1 is 1.50 bits per heavy atom. The lowest BCUT2D eigenvalue weighted by atomic mass is 10.2. The number of aromatic nitrogens is 1. The molecular formula is C11H17N3O3S. The number of carboxylic acid groups (broad SMARTS) is 1. The summed E-state index contributed by atoms with van der Waals surface area (Å²) in [6.45, 7) is 0.313. The molecule has 0 radical (unpaired) electrons. The molecule has 0 aliphatic carbocycles. The number of thiazole rings is 1. The molecule has 0 fully saturated rings. The van der Waals surface area contributed by atoms with E-state index >= 15 is 0 Å². The van der Waals surface area contributed by atoms with Gasteiger partial charge >= 0.3 is 5.97 Å². The van der Waals surface area contributed by atoms with E-state index in [1.54, 1.807) is 4.90 Å². The van der Waals surface area contributed by atoms with Crippen LogP contribution < -0.4 is 5.32 Å². The van der Waals surface area contributed by atoms with Crippen LogP contribution in [0.1, 0.15) is 18.5 Å². The summed E-state index contributed by atoms with van der Waals surface area (Å²) < 4.78 is 0. The summed E-state index contributed by atoms with van der Waals surface area (Å²) in [5, 5.41) is 13.6. The van der Waals surface area contributed by atoms with E-state index in [4.69, 9.17) is 5.11 Å². The number of carbonyl (C=O) groups excluding carboxylic acids is 1. The number of hydrogen-bond acceptors (Lipinski definition) is 5. The van der Waals surface area contributed by atoms with Gasteiger partial charge in [0.05, 0.1) is 12.2 Å². The average Bonchev–Trinajstić information content (AvgIpc) is 2.63. The molecular weight excluding hydrogens is 254 g/mol. The van der Waals surface area contributed by atoms with Crippen LogP contribution in [-0.4, -0.2) is 47.5 Å². The van der Waals surface area contributed by atoms with Gasteiger partial charge in [-0.25, -0.2) is 4.98 Å². The molecule has 6 nitrogen and oxygen atoms in total. The van der Waals surface area contributed by atoms with E-state index in [1.165, 1.54) is 11.3 Å². The van der Waals surface area contributed by atoms with Crippen molar-refractivity contribution in [1.82, 2.24) is 9.88 Å². The number of amides is 1. The summed E-state index contributed by atoms with van der Waals surface area (Å²) in [7, 11) is 3.64. The minimum absolute atomic E-state index is 0.105. The first kappa shape index (κ1) is 14.6. The van der Waals surface area contributed by atoms with Gasteiger partial charge in [0.15, 0.2) is 5.13 Å². The van der Waals surface area contributed by atoms with Gasteiger partial charge in [-0.1, -0.05) is 0 Å². The summed E-state index contributed by atoms with van der Waals surface area (Å²) >= 11 is 1.35. The lowest BCUT2D eigenvalue weighted by molar-refractivity contribution is -0.137. The molecule has 0 saturated heterocycles. The second-order valence-corrected chi connectivity index (χ2v) is 5.04. The molecule has 0 atom stereocenters. The van der Waals surface area contributed by atoms with E-state index < -0.39 is 5.97 Å². The average molecular weight is 271 g/mol. The zero-order chi connectivity index (χ0) is 13.5. The number of nitrogens with one attached hydrogen (secondary N) is 1. The Hall–Kier alpha value is -1.47. The Balaban J connectivity index is 2.38. The van der Waals surface area contributed by atoms with Crippen LogP contribution in [0.3, 0.4) is 0 Å². The SMILES string of the molecule is CN(C)CC(=O)Nc1nc(CCCC(=O)O)cs1. The second kappa shape index (κ2) is 7.07. The number of carbonyl (C=O) groups is 2. The molecule has 0 spiro atoms. The quantitative estimate of drug-likeness (QED) is 0.774. The zero-order valence-corrected chi connectivity index (χ0v) is 11.3. The summed E-state index contributed by atoms with van der Waals surface area (Å²) in [6, 6.07) is 0. The number of aryl methyl sites for hydroxylation is 1. The van der Waals surface area contributed by atoms with E-state index in [0.29, 0.717) is 24.5 Å². The Morgan fingerprint density at radius 3 is 2.83 bits per heavy atom. The monoisotopic (exact) mass is 271 g/mol. The zero-order valence-electron chi connectivity index (χ0n) is 10.5. The smallest absolute Gasteiger partial charge is 0.303 e. The topological polar surface area (TPSA) is 82.5 Å². The number of anilines is 1. The molecule has 0 aliphatic heterocycles. The first-order valence-corrected chi connectivity index (χ1v) is 6.46. The molecule has 0 aromatic carbocycles. The van der Waals surface area contributed by atoms with Gasteiger partial charge in [-0.2, -0.15) is 0 Å². The van der Waals surface area contributed by atoms with Crippen LogP contribution in [0.5, 0.6) is 0 Å². The Kier molecular flexibility index (Phi) is 5.73. The van der Waals surface area contributed by atoms with Crippen molar-refractivity contribution < 1.29 is 14.7 Å². The molecule has 1 heterocycles. The maximum Gasteiger partial charge on any atom is 0.303 e. The highest BCUT2D eigenvalue weighted by molar-refractivity contribution is 7.13. The van der Waals surface area contributed by atoms with Crippen molar-refractivity contribution in [3.63, 3.8) is 0 Å². The van der Waals surface area contributed by atoms with Crippen LogP contribution in [0.4, 0.5) is 5.13 Å². The van der Waals surface area contributed by atoms with Crippen molar-refractivity contribution >= 4 is 28.3 Å². The molecule has 1 aromatic heterocycles. The predicted octanol–water partition coefficient (Wildman–Crippen LogP) is 1.05. The van der Waals surface area contributed by atoms with Crippen molar-refractivity contribution in [3.05, 3.63) is 11.1 Å². The molecule has 1 rings (SSSR count). The lowest BCUT2D eigenvalue weighted by Crippen LogP contribution is -2.27. The van der Waals surface area contributed by atoms with Crippen molar-refractivity contribution in [2.24, 2.45) is 0 Å². The highest BCUT2D eigenvalue weighted by atomic mass is 32.1. The third-order valence-corrected chi connectivity index (χ3v) is 2.89. The summed E-state index contributed by atoms with van der Waals surface area (Å²) in [6.07, 6.45) is 1.32. The van der Waals surface area contributed by atoms with E-state index in [9.17, 15) is 9.59 Å². The first-order chi connectivity index (χ1) is 8.47. The summed E-state index contributed by atoms with van der Waals surface area (Å²) in [5.41, 5.74) is 0.821. The number of likely N-dealkylation sites (N-methyl/N-ethyl adjacent to an activating group) is 1. The van der Waals surface area contributed by atoms with Gasteiger partial charge in [-0.3, -0.25) is 9.59 Å². The van der Waals surface area contributed by atoms with Crippen molar-refractivity contribution in [2.45, 2.75) is 19.3 Å². The molecule has 100 valence electrons. The number of rotatable bonds is 7. The standard InChI is InChI=1S/C11H17N3O3S/c1-14(2)6-9(15)13-11-12-8(7-18-11)4-3-5-10(16)17/h7H,3-6H2,1-2H3,(H,16,17)(H,12,13,15). The molecule has 0 bridgehead atoms. The second-order valence-electron chi connectivity index (χ2n) is 4.18. The fraction of sp³-hybridized carbons (Fsp3) is 0.545. The largest absolute Gasteiger partial charge is 0.481 e. The lowest BCUT2D eigenvalue weighted by Gasteiger charge is -2.07. The Morgan fingerprint density at radius 2 is 2.22 bits per heavy atom. The minimum Gasteiger partial charge on any atom is -0.481 e. The Bertz CT molecular complexity index is 417. The van der Waals surface area contributed by atoms with Gasteiger partial charge in [0.1, 0.15) is 0 Å². The maximum atomic E-state index is 11.5. The van der Waals surface area contributed by atoms with Crippen LogP contribution in [0, 0.1) is 0 Å². The van der Waals surface area contributed by atoms with Gasteiger partial charge in [-0.15, -0.1) is 11.3 Å². The Labute approximate surface area is 110 Å². The highest BCUT2D eigenvalue weighted by Gasteiger charge is 2.07. The fourth-order valence-corrected chi connectivity index (χ4v) is 2.11. The van der Waals surface area contributed by atoms with Gasteiger partial charge < -0.3 is 15.3 Å². The van der Waals surface area contributed by atoms with Crippen LogP contribution in [-0.2, 0) is 16.0 Å². The molecule has 7 heteroatoms. The predicted molar refractivity (Wildman–Crippen MR) is 69.9 cm³/mol. The molecule has 1 amide bonds. The molecule has 0 unspecified atom stereocenters. The van der Waals surface area contributed by atoms with Crippen LogP contribution in [0.15, 0.2) is 5.38 Å². The van der Waals surface area contributed by atoms with E-state index in [0.717, 1.165) is 5.69 Å². The van der Waals surface area contributed by atoms with Gasteiger partial charge in [0.2, 0.25) is 5.91 Å². The minimum atomic E-state index is -0.801. The highest BCUT2D eigenvalue weighted by Crippen LogP contribution is 2.16. The first-order valence-electron chi connectivity index (χ1n) is 5.58. The number of aliphatic carboxylic acids is 1. The molecule has 18 heavy (non-hydrogen) atoms. The van der Waals surface area contributed by atoms with Gasteiger partial charge in [0, 0.05) is 11.8 Å². The van der Waals surface area contributed by atoms with Crippen LogP contribution in [0.25, 0.3) is 0 Å². The van der Waals surface area contributed by atoms with Gasteiger partial charge in [-0.05, 0) is 26.9 Å². The molecule has 1 aromatic rings. The van der Waals surface area contributed by atoms with E-state index in [2.05, 4.69) is 10.3 Å². The van der Waals surface area contributed by atoms with Crippen molar-refractivity contribution in [2.75, 3.05) is 26.0 Å². The third-order valence-electron chi connectivity index (χ3n) is 2.08. The fourth-order valence-electron chi connectivity index (χ4n) is 1.35. The van der Waals surface area contributed by atoms with E-state index in [-0.39, 0.29) is 12.3 Å². The number of carboxylic acids is 1. The van der Waals surface area contributed by atoms with Gasteiger partial charge in [0.25, 0.3) is 0 Å².